The molecule has 86 valence electrons. The van der Waals surface area contributed by atoms with Crippen molar-refractivity contribution in [2.24, 2.45) is 0 Å². The minimum atomic E-state index is 0.528. The number of rotatable bonds is 1. The molecule has 0 aliphatic carbocycles. The molecular formula is C16H16S. The average Bonchev–Trinajstić information content (AvgIpc) is 2.38. The van der Waals surface area contributed by atoms with Gasteiger partial charge in [0.2, 0.25) is 0 Å². The summed E-state index contributed by atoms with van der Waals surface area (Å²) in [7, 11) is 0. The number of hydrogen-bond donors (Lipinski definition) is 0. The Morgan fingerprint density at radius 2 is 1.94 bits per heavy atom. The predicted molar refractivity (Wildman–Crippen MR) is 75.6 cm³/mol. The van der Waals surface area contributed by atoms with Gasteiger partial charge in [0.15, 0.2) is 0 Å². The SMILES string of the molecule is Cc1cccc(C2SCCc3ccccc32)c1. The second-order valence-electron chi connectivity index (χ2n) is 4.61. The van der Waals surface area contributed by atoms with Gasteiger partial charge in [-0.1, -0.05) is 54.1 Å². The molecule has 0 radical (unpaired) electrons. The van der Waals surface area contributed by atoms with Crippen LogP contribution in [0.4, 0.5) is 0 Å². The van der Waals surface area contributed by atoms with Crippen molar-refractivity contribution in [3.05, 3.63) is 70.8 Å². The largest absolute Gasteiger partial charge is 0.149 e. The quantitative estimate of drug-likeness (QED) is 0.713. The molecule has 0 nitrogen and oxygen atoms in total. The van der Waals surface area contributed by atoms with Gasteiger partial charge in [-0.25, -0.2) is 0 Å². The van der Waals surface area contributed by atoms with E-state index in [-0.39, 0.29) is 0 Å². The van der Waals surface area contributed by atoms with Crippen LogP contribution in [-0.2, 0) is 6.42 Å². The molecule has 0 spiro atoms. The molecule has 1 atom stereocenters. The smallest absolute Gasteiger partial charge is 0.0549 e. The van der Waals surface area contributed by atoms with Gasteiger partial charge in [-0.15, -0.1) is 11.8 Å². The summed E-state index contributed by atoms with van der Waals surface area (Å²) in [5.74, 6) is 1.23. The van der Waals surface area contributed by atoms with Gasteiger partial charge >= 0.3 is 0 Å². The fraction of sp³-hybridized carbons (Fsp3) is 0.250. The fourth-order valence-corrected chi connectivity index (χ4v) is 3.83. The van der Waals surface area contributed by atoms with Crippen molar-refractivity contribution < 1.29 is 0 Å². The van der Waals surface area contributed by atoms with E-state index in [0.29, 0.717) is 5.25 Å². The van der Waals surface area contributed by atoms with E-state index in [2.05, 4.69) is 67.2 Å². The Kier molecular flexibility index (Phi) is 2.94. The van der Waals surface area contributed by atoms with E-state index >= 15 is 0 Å². The summed E-state index contributed by atoms with van der Waals surface area (Å²) >= 11 is 2.07. The molecule has 2 aromatic carbocycles. The molecule has 0 aromatic heterocycles. The van der Waals surface area contributed by atoms with Crippen LogP contribution in [0.5, 0.6) is 0 Å². The zero-order valence-electron chi connectivity index (χ0n) is 10.0. The molecule has 1 heterocycles. The maximum Gasteiger partial charge on any atom is 0.0549 e. The normalized spacial score (nSPS) is 18.8. The third-order valence-electron chi connectivity index (χ3n) is 3.34. The van der Waals surface area contributed by atoms with Crippen molar-refractivity contribution in [2.75, 3.05) is 5.75 Å². The summed E-state index contributed by atoms with van der Waals surface area (Å²) in [5.41, 5.74) is 5.83. The van der Waals surface area contributed by atoms with E-state index in [4.69, 9.17) is 0 Å². The molecule has 1 aliphatic rings. The first-order chi connectivity index (χ1) is 8.34. The van der Waals surface area contributed by atoms with Gasteiger partial charge in [0.25, 0.3) is 0 Å². The first-order valence-corrected chi connectivity index (χ1v) is 7.15. The highest BCUT2D eigenvalue weighted by Crippen LogP contribution is 2.41. The third-order valence-corrected chi connectivity index (χ3v) is 4.64. The summed E-state index contributed by atoms with van der Waals surface area (Å²) < 4.78 is 0. The lowest BCUT2D eigenvalue weighted by Crippen LogP contribution is -2.09. The molecule has 0 bridgehead atoms. The van der Waals surface area contributed by atoms with Crippen molar-refractivity contribution in [3.63, 3.8) is 0 Å². The maximum atomic E-state index is 2.32. The van der Waals surface area contributed by atoms with E-state index in [1.807, 2.05) is 0 Å². The fourth-order valence-electron chi connectivity index (χ4n) is 2.50. The molecule has 0 amide bonds. The number of benzene rings is 2. The van der Waals surface area contributed by atoms with E-state index in [0.717, 1.165) is 0 Å². The van der Waals surface area contributed by atoms with Gasteiger partial charge < -0.3 is 0 Å². The number of fused-ring (bicyclic) bond motifs is 1. The van der Waals surface area contributed by atoms with Crippen molar-refractivity contribution in [1.82, 2.24) is 0 Å². The van der Waals surface area contributed by atoms with E-state index in [1.165, 1.54) is 34.4 Å². The molecule has 0 saturated carbocycles. The van der Waals surface area contributed by atoms with Crippen LogP contribution >= 0.6 is 11.8 Å². The lowest BCUT2D eigenvalue weighted by molar-refractivity contribution is 1.01. The Labute approximate surface area is 107 Å². The van der Waals surface area contributed by atoms with Crippen molar-refractivity contribution in [3.8, 4) is 0 Å². The van der Waals surface area contributed by atoms with Crippen LogP contribution in [0.3, 0.4) is 0 Å². The number of hydrogen-bond acceptors (Lipinski definition) is 1. The van der Waals surface area contributed by atoms with Crippen molar-refractivity contribution in [2.45, 2.75) is 18.6 Å². The Morgan fingerprint density at radius 1 is 1.06 bits per heavy atom. The second-order valence-corrected chi connectivity index (χ2v) is 5.83. The maximum absolute atomic E-state index is 2.32. The van der Waals surface area contributed by atoms with E-state index in [1.54, 1.807) is 0 Å². The summed E-state index contributed by atoms with van der Waals surface area (Å²) in [4.78, 5) is 0. The van der Waals surface area contributed by atoms with Gasteiger partial charge in [-0.05, 0) is 35.8 Å². The van der Waals surface area contributed by atoms with Gasteiger partial charge in [-0.3, -0.25) is 0 Å². The molecule has 1 heteroatoms. The molecular weight excluding hydrogens is 224 g/mol. The number of aryl methyl sites for hydroxylation is 2. The van der Waals surface area contributed by atoms with Crippen LogP contribution in [0.25, 0.3) is 0 Å². The molecule has 0 fully saturated rings. The highest BCUT2D eigenvalue weighted by atomic mass is 32.2. The Morgan fingerprint density at radius 3 is 2.82 bits per heavy atom. The Balaban J connectivity index is 2.06. The molecule has 3 rings (SSSR count). The van der Waals surface area contributed by atoms with Crippen LogP contribution in [0.15, 0.2) is 48.5 Å². The van der Waals surface area contributed by atoms with Crippen LogP contribution in [0.1, 0.15) is 27.5 Å². The summed E-state index contributed by atoms with van der Waals surface area (Å²) in [5, 5.41) is 0.528. The molecule has 2 aromatic rings. The highest BCUT2D eigenvalue weighted by molar-refractivity contribution is 7.99. The molecule has 0 saturated heterocycles. The van der Waals surface area contributed by atoms with Crippen molar-refractivity contribution >= 4 is 11.8 Å². The minimum absolute atomic E-state index is 0.528. The number of thioether (sulfide) groups is 1. The Hall–Kier alpha value is -1.21. The zero-order chi connectivity index (χ0) is 11.7. The van der Waals surface area contributed by atoms with E-state index in [9.17, 15) is 0 Å². The van der Waals surface area contributed by atoms with Gasteiger partial charge in [0, 0.05) is 0 Å². The van der Waals surface area contributed by atoms with Gasteiger partial charge in [-0.2, -0.15) is 0 Å². The first kappa shape index (κ1) is 10.9. The predicted octanol–water partition coefficient (Wildman–Crippen LogP) is 4.37. The van der Waals surface area contributed by atoms with Crippen LogP contribution in [-0.4, -0.2) is 5.75 Å². The molecule has 1 unspecified atom stereocenters. The van der Waals surface area contributed by atoms with E-state index < -0.39 is 0 Å². The average molecular weight is 240 g/mol. The molecule has 17 heavy (non-hydrogen) atoms. The van der Waals surface area contributed by atoms with Gasteiger partial charge in [0.1, 0.15) is 0 Å². The van der Waals surface area contributed by atoms with Crippen LogP contribution < -0.4 is 0 Å². The van der Waals surface area contributed by atoms with Crippen LogP contribution in [0.2, 0.25) is 0 Å². The minimum Gasteiger partial charge on any atom is -0.149 e. The van der Waals surface area contributed by atoms with Gasteiger partial charge in [0.05, 0.1) is 5.25 Å². The second kappa shape index (κ2) is 4.58. The van der Waals surface area contributed by atoms with Crippen LogP contribution in [0, 0.1) is 6.92 Å². The lowest BCUT2D eigenvalue weighted by Gasteiger charge is -2.25. The molecule has 1 aliphatic heterocycles. The third kappa shape index (κ3) is 2.12. The standard InChI is InChI=1S/C16H16S/c1-12-5-4-7-14(11-12)16-15-8-3-2-6-13(15)9-10-17-16/h2-8,11,16H,9-10H2,1H3. The lowest BCUT2D eigenvalue weighted by atomic mass is 9.96. The molecule has 0 N–H and O–H groups in total. The summed E-state index contributed by atoms with van der Waals surface area (Å²) in [6, 6.07) is 17.8. The monoisotopic (exact) mass is 240 g/mol. The van der Waals surface area contributed by atoms with Crippen molar-refractivity contribution in [1.29, 1.82) is 0 Å². The zero-order valence-corrected chi connectivity index (χ0v) is 10.8. The highest BCUT2D eigenvalue weighted by Gasteiger charge is 2.21. The summed E-state index contributed by atoms with van der Waals surface area (Å²) in [6.45, 7) is 2.17. The topological polar surface area (TPSA) is 0 Å². The Bertz CT molecular complexity index is 531. The summed E-state index contributed by atoms with van der Waals surface area (Å²) in [6.07, 6.45) is 1.21. The first-order valence-electron chi connectivity index (χ1n) is 6.10.